The lowest BCUT2D eigenvalue weighted by atomic mass is 10.0. The lowest BCUT2D eigenvalue weighted by Crippen LogP contribution is -2.36. The number of benzene rings is 1. The third-order valence-electron chi connectivity index (χ3n) is 3.29. The van der Waals surface area contributed by atoms with Crippen molar-refractivity contribution < 1.29 is 9.53 Å². The lowest BCUT2D eigenvalue weighted by Gasteiger charge is -2.23. The van der Waals surface area contributed by atoms with Gasteiger partial charge in [-0.3, -0.25) is 4.79 Å². The van der Waals surface area contributed by atoms with Gasteiger partial charge in [0.05, 0.1) is 12.6 Å². The van der Waals surface area contributed by atoms with Gasteiger partial charge < -0.3 is 9.64 Å². The molecule has 0 aromatic heterocycles. The largest absolute Gasteiger partial charge is 0.380 e. The first-order valence-corrected chi connectivity index (χ1v) is 7.01. The van der Waals surface area contributed by atoms with Gasteiger partial charge in [0.25, 0.3) is 5.91 Å². The predicted octanol–water partition coefficient (Wildman–Crippen LogP) is 3.14. The zero-order valence-corrected chi connectivity index (χ0v) is 12.6. The van der Waals surface area contributed by atoms with E-state index in [0.29, 0.717) is 19.8 Å². The van der Waals surface area contributed by atoms with E-state index in [9.17, 15) is 4.79 Å². The number of aryl methyl sites for hydroxylation is 1. The third-order valence-corrected chi connectivity index (χ3v) is 3.75. The van der Waals surface area contributed by atoms with Gasteiger partial charge >= 0.3 is 0 Å². The number of amides is 1. The van der Waals surface area contributed by atoms with Crippen molar-refractivity contribution >= 4 is 21.8 Å². The summed E-state index contributed by atoms with van der Waals surface area (Å²) in [4.78, 5) is 14.3. The molecule has 1 amide bonds. The monoisotopic (exact) mass is 311 g/mol. The molecular formula is C14H18BrNO2. The SMILES string of the molecule is CCOCC(C)N1Cc2cc(Br)cc(C)c2C1=O. The average Bonchev–Trinajstić information content (AvgIpc) is 2.63. The molecule has 0 aliphatic carbocycles. The van der Waals surface area contributed by atoms with E-state index in [2.05, 4.69) is 15.9 Å². The molecule has 1 aromatic rings. The van der Waals surface area contributed by atoms with Crippen molar-refractivity contribution in [2.24, 2.45) is 0 Å². The molecule has 1 unspecified atom stereocenters. The molecule has 1 heterocycles. The Kier molecular flexibility index (Phi) is 4.07. The van der Waals surface area contributed by atoms with Crippen molar-refractivity contribution in [2.45, 2.75) is 33.4 Å². The van der Waals surface area contributed by atoms with Gasteiger partial charge in [0, 0.05) is 23.2 Å². The summed E-state index contributed by atoms with van der Waals surface area (Å²) in [6.07, 6.45) is 0. The second kappa shape index (κ2) is 5.41. The van der Waals surface area contributed by atoms with Crippen molar-refractivity contribution in [3.05, 3.63) is 33.3 Å². The van der Waals surface area contributed by atoms with Crippen LogP contribution in [0.1, 0.15) is 35.3 Å². The number of halogens is 1. The van der Waals surface area contributed by atoms with Crippen LogP contribution in [0, 0.1) is 6.92 Å². The van der Waals surface area contributed by atoms with Crippen molar-refractivity contribution in [2.75, 3.05) is 13.2 Å². The zero-order valence-electron chi connectivity index (χ0n) is 11.0. The van der Waals surface area contributed by atoms with Gasteiger partial charge in [0.1, 0.15) is 0 Å². The Morgan fingerprint density at radius 3 is 2.89 bits per heavy atom. The lowest BCUT2D eigenvalue weighted by molar-refractivity contribution is 0.0514. The molecule has 3 nitrogen and oxygen atoms in total. The van der Waals surface area contributed by atoms with Crippen molar-refractivity contribution in [1.29, 1.82) is 0 Å². The molecule has 0 spiro atoms. The number of rotatable bonds is 4. The summed E-state index contributed by atoms with van der Waals surface area (Å²) in [5.41, 5.74) is 3.01. The van der Waals surface area contributed by atoms with Gasteiger partial charge in [-0.05, 0) is 44.0 Å². The van der Waals surface area contributed by atoms with Crippen LogP contribution in [0.3, 0.4) is 0 Å². The molecule has 4 heteroatoms. The highest BCUT2D eigenvalue weighted by atomic mass is 79.9. The molecule has 18 heavy (non-hydrogen) atoms. The molecule has 98 valence electrons. The van der Waals surface area contributed by atoms with Crippen LogP contribution in [0.2, 0.25) is 0 Å². The predicted molar refractivity (Wildman–Crippen MR) is 74.7 cm³/mol. The van der Waals surface area contributed by atoms with E-state index in [1.165, 1.54) is 0 Å². The minimum absolute atomic E-state index is 0.114. The summed E-state index contributed by atoms with van der Waals surface area (Å²) >= 11 is 3.48. The van der Waals surface area contributed by atoms with Gasteiger partial charge in [-0.2, -0.15) is 0 Å². The van der Waals surface area contributed by atoms with E-state index in [1.807, 2.05) is 37.8 Å². The summed E-state index contributed by atoms with van der Waals surface area (Å²) in [5, 5.41) is 0. The first-order chi connectivity index (χ1) is 8.54. The first-order valence-electron chi connectivity index (χ1n) is 6.22. The van der Waals surface area contributed by atoms with Crippen LogP contribution < -0.4 is 0 Å². The van der Waals surface area contributed by atoms with Crippen LogP contribution in [-0.4, -0.2) is 30.1 Å². The second-order valence-corrected chi connectivity index (χ2v) is 5.61. The number of hydrogen-bond acceptors (Lipinski definition) is 2. The molecule has 0 saturated heterocycles. The van der Waals surface area contributed by atoms with Crippen LogP contribution in [0.5, 0.6) is 0 Å². The van der Waals surface area contributed by atoms with E-state index in [1.54, 1.807) is 0 Å². The smallest absolute Gasteiger partial charge is 0.255 e. The average molecular weight is 312 g/mol. The Hall–Kier alpha value is -0.870. The van der Waals surface area contributed by atoms with Crippen molar-refractivity contribution in [1.82, 2.24) is 4.90 Å². The molecule has 0 radical (unpaired) electrons. The Labute approximate surface area is 116 Å². The van der Waals surface area contributed by atoms with Gasteiger partial charge in [0.2, 0.25) is 0 Å². The van der Waals surface area contributed by atoms with Gasteiger partial charge in [-0.15, -0.1) is 0 Å². The summed E-state index contributed by atoms with van der Waals surface area (Å²) < 4.78 is 6.44. The van der Waals surface area contributed by atoms with Crippen LogP contribution >= 0.6 is 15.9 Å². The van der Waals surface area contributed by atoms with E-state index in [0.717, 1.165) is 21.2 Å². The molecule has 0 fully saturated rings. The van der Waals surface area contributed by atoms with Gasteiger partial charge in [-0.1, -0.05) is 15.9 Å². The Bertz CT molecular complexity index is 473. The van der Waals surface area contributed by atoms with Gasteiger partial charge in [0.15, 0.2) is 0 Å². The highest BCUT2D eigenvalue weighted by Crippen LogP contribution is 2.30. The molecule has 1 aliphatic rings. The first kappa shape index (κ1) is 13.6. The minimum Gasteiger partial charge on any atom is -0.380 e. The normalized spacial score (nSPS) is 16.0. The quantitative estimate of drug-likeness (QED) is 0.855. The molecular weight excluding hydrogens is 294 g/mol. The zero-order chi connectivity index (χ0) is 13.3. The number of fused-ring (bicyclic) bond motifs is 1. The third kappa shape index (κ3) is 2.45. The fraction of sp³-hybridized carbons (Fsp3) is 0.500. The van der Waals surface area contributed by atoms with Crippen molar-refractivity contribution in [3.8, 4) is 0 Å². The molecule has 0 saturated carbocycles. The van der Waals surface area contributed by atoms with E-state index >= 15 is 0 Å². The molecule has 2 rings (SSSR count). The van der Waals surface area contributed by atoms with E-state index in [-0.39, 0.29) is 11.9 Å². The Morgan fingerprint density at radius 2 is 2.22 bits per heavy atom. The van der Waals surface area contributed by atoms with Crippen LogP contribution in [0.4, 0.5) is 0 Å². The Balaban J connectivity index is 2.22. The minimum atomic E-state index is 0.114. The number of hydrogen-bond donors (Lipinski definition) is 0. The van der Waals surface area contributed by atoms with Crippen LogP contribution in [-0.2, 0) is 11.3 Å². The second-order valence-electron chi connectivity index (χ2n) is 4.70. The molecule has 1 aliphatic heterocycles. The number of carbonyl (C=O) groups excluding carboxylic acids is 1. The van der Waals surface area contributed by atoms with E-state index in [4.69, 9.17) is 4.74 Å². The summed E-state index contributed by atoms with van der Waals surface area (Å²) in [7, 11) is 0. The maximum atomic E-state index is 12.4. The maximum absolute atomic E-state index is 12.4. The number of nitrogens with zero attached hydrogens (tertiary/aromatic N) is 1. The topological polar surface area (TPSA) is 29.5 Å². The fourth-order valence-corrected chi connectivity index (χ4v) is 3.00. The highest BCUT2D eigenvalue weighted by Gasteiger charge is 2.32. The molecule has 0 N–H and O–H groups in total. The summed E-state index contributed by atoms with van der Waals surface area (Å²) in [6, 6.07) is 4.14. The van der Waals surface area contributed by atoms with E-state index < -0.39 is 0 Å². The summed E-state index contributed by atoms with van der Waals surface area (Å²) in [6.45, 7) is 7.94. The summed E-state index contributed by atoms with van der Waals surface area (Å²) in [5.74, 6) is 0.127. The van der Waals surface area contributed by atoms with Crippen molar-refractivity contribution in [3.63, 3.8) is 0 Å². The van der Waals surface area contributed by atoms with Crippen LogP contribution in [0.15, 0.2) is 16.6 Å². The van der Waals surface area contributed by atoms with Gasteiger partial charge in [-0.25, -0.2) is 0 Å². The molecule has 0 bridgehead atoms. The maximum Gasteiger partial charge on any atom is 0.255 e. The van der Waals surface area contributed by atoms with Crippen LogP contribution in [0.25, 0.3) is 0 Å². The molecule has 1 atom stereocenters. The number of carbonyl (C=O) groups is 1. The standard InChI is InChI=1S/C14H18BrNO2/c1-4-18-8-10(3)16-7-11-6-12(15)5-9(2)13(11)14(16)17/h5-6,10H,4,7-8H2,1-3H3. The Morgan fingerprint density at radius 1 is 1.50 bits per heavy atom. The molecule has 1 aromatic carbocycles. The highest BCUT2D eigenvalue weighted by molar-refractivity contribution is 9.10. The number of ether oxygens (including phenoxy) is 1. The fourth-order valence-electron chi connectivity index (χ4n) is 2.38.